The minimum Gasteiger partial charge on any atom is -0.444 e. The number of aromatic nitrogens is 1. The van der Waals surface area contributed by atoms with Crippen molar-refractivity contribution in [1.82, 2.24) is 15.2 Å². The number of amides is 1. The van der Waals surface area contributed by atoms with Gasteiger partial charge in [0.25, 0.3) is 0 Å². The molecule has 1 fully saturated rings. The van der Waals surface area contributed by atoms with Gasteiger partial charge in [0.2, 0.25) is 0 Å². The van der Waals surface area contributed by atoms with Gasteiger partial charge in [-0.2, -0.15) is 0 Å². The van der Waals surface area contributed by atoms with E-state index in [9.17, 15) is 4.79 Å². The molecular formula is C17H27N3O2. The summed E-state index contributed by atoms with van der Waals surface area (Å²) in [7, 11) is 0. The van der Waals surface area contributed by atoms with Crippen molar-refractivity contribution in [3.63, 3.8) is 0 Å². The van der Waals surface area contributed by atoms with Gasteiger partial charge in [-0.25, -0.2) is 4.79 Å². The highest BCUT2D eigenvalue weighted by atomic mass is 16.6. The Bertz CT molecular complexity index is 511. The van der Waals surface area contributed by atoms with Gasteiger partial charge in [-0.15, -0.1) is 0 Å². The molecule has 1 saturated heterocycles. The fourth-order valence-electron chi connectivity index (χ4n) is 2.61. The van der Waals surface area contributed by atoms with Crippen LogP contribution in [0.1, 0.15) is 44.9 Å². The molecule has 2 heterocycles. The second kappa shape index (κ2) is 7.09. The standard InChI is InChI=1S/C17H27N3O2/c1-13-10-14(7-8-18-13)11-19-15-6-5-9-20(12-15)16(21)22-17(2,3)4/h7-8,10,15,19H,5-6,9,11-12H2,1-4H3/t15-/m0/s1. The maximum atomic E-state index is 12.1. The van der Waals surface area contributed by atoms with E-state index in [2.05, 4.69) is 16.4 Å². The summed E-state index contributed by atoms with van der Waals surface area (Å²) in [5.74, 6) is 0. The topological polar surface area (TPSA) is 54.5 Å². The summed E-state index contributed by atoms with van der Waals surface area (Å²) in [6.45, 7) is 9.98. The van der Waals surface area contributed by atoms with Crippen molar-refractivity contribution in [3.05, 3.63) is 29.6 Å². The quantitative estimate of drug-likeness (QED) is 0.933. The average molecular weight is 305 g/mol. The minimum absolute atomic E-state index is 0.209. The molecule has 2 rings (SSSR count). The predicted octanol–water partition coefficient (Wildman–Crippen LogP) is 2.88. The van der Waals surface area contributed by atoms with Crippen LogP contribution in [0.15, 0.2) is 18.3 Å². The van der Waals surface area contributed by atoms with E-state index in [0.717, 1.165) is 31.6 Å². The Kier molecular flexibility index (Phi) is 5.40. The number of likely N-dealkylation sites (tertiary alicyclic amines) is 1. The number of carbonyl (C=O) groups is 1. The van der Waals surface area contributed by atoms with Gasteiger partial charge in [-0.1, -0.05) is 0 Å². The Hall–Kier alpha value is -1.62. The number of hydrogen-bond donors (Lipinski definition) is 1. The Morgan fingerprint density at radius 3 is 2.95 bits per heavy atom. The first-order valence-corrected chi connectivity index (χ1v) is 7.96. The number of nitrogens with one attached hydrogen (secondary N) is 1. The van der Waals surface area contributed by atoms with Crippen LogP contribution in [0.4, 0.5) is 4.79 Å². The van der Waals surface area contributed by atoms with Crippen molar-refractivity contribution < 1.29 is 9.53 Å². The van der Waals surface area contributed by atoms with E-state index in [-0.39, 0.29) is 6.09 Å². The van der Waals surface area contributed by atoms with Crippen LogP contribution >= 0.6 is 0 Å². The zero-order chi connectivity index (χ0) is 16.2. The molecule has 0 aliphatic carbocycles. The van der Waals surface area contributed by atoms with Crippen molar-refractivity contribution in [2.45, 2.75) is 58.7 Å². The molecule has 5 heteroatoms. The van der Waals surface area contributed by atoms with Gasteiger partial charge >= 0.3 is 6.09 Å². The van der Waals surface area contributed by atoms with Gasteiger partial charge in [-0.3, -0.25) is 4.98 Å². The summed E-state index contributed by atoms with van der Waals surface area (Å²) >= 11 is 0. The van der Waals surface area contributed by atoms with Crippen LogP contribution in [0.25, 0.3) is 0 Å². The number of nitrogens with zero attached hydrogens (tertiary/aromatic N) is 2. The lowest BCUT2D eigenvalue weighted by Crippen LogP contribution is -2.49. The summed E-state index contributed by atoms with van der Waals surface area (Å²) in [4.78, 5) is 18.2. The Morgan fingerprint density at radius 2 is 2.27 bits per heavy atom. The summed E-state index contributed by atoms with van der Waals surface area (Å²) in [6.07, 6.45) is 3.72. The number of rotatable bonds is 3. The number of carbonyl (C=O) groups excluding carboxylic acids is 1. The van der Waals surface area contributed by atoms with Gasteiger partial charge in [0, 0.05) is 37.6 Å². The van der Waals surface area contributed by atoms with Crippen molar-refractivity contribution in [2.75, 3.05) is 13.1 Å². The third-order valence-electron chi connectivity index (χ3n) is 3.63. The lowest BCUT2D eigenvalue weighted by Gasteiger charge is -2.34. The number of pyridine rings is 1. The maximum Gasteiger partial charge on any atom is 0.410 e. The van der Waals surface area contributed by atoms with E-state index in [1.54, 1.807) is 0 Å². The third-order valence-corrected chi connectivity index (χ3v) is 3.63. The van der Waals surface area contributed by atoms with Crippen molar-refractivity contribution >= 4 is 6.09 Å². The van der Waals surface area contributed by atoms with E-state index >= 15 is 0 Å². The van der Waals surface area contributed by atoms with Crippen molar-refractivity contribution in [1.29, 1.82) is 0 Å². The fourth-order valence-corrected chi connectivity index (χ4v) is 2.61. The van der Waals surface area contributed by atoms with Gasteiger partial charge in [0.15, 0.2) is 0 Å². The number of ether oxygens (including phenoxy) is 1. The van der Waals surface area contributed by atoms with Gasteiger partial charge < -0.3 is 15.0 Å². The van der Waals surface area contributed by atoms with Gasteiger partial charge in [0.05, 0.1) is 0 Å². The molecule has 1 atom stereocenters. The number of piperidine rings is 1. The molecule has 0 saturated carbocycles. The second-order valence-electron chi connectivity index (χ2n) is 6.95. The minimum atomic E-state index is -0.438. The fraction of sp³-hybridized carbons (Fsp3) is 0.647. The normalized spacial score (nSPS) is 19.1. The summed E-state index contributed by atoms with van der Waals surface area (Å²) in [6, 6.07) is 4.42. The molecular weight excluding hydrogens is 278 g/mol. The summed E-state index contributed by atoms with van der Waals surface area (Å²) in [5, 5.41) is 3.54. The molecule has 122 valence electrons. The molecule has 1 N–H and O–H groups in total. The Balaban J connectivity index is 1.84. The first-order chi connectivity index (χ1) is 10.3. The first kappa shape index (κ1) is 16.7. The predicted molar refractivity (Wildman–Crippen MR) is 86.6 cm³/mol. The van der Waals surface area contributed by atoms with Crippen LogP contribution in [0.3, 0.4) is 0 Å². The molecule has 1 aromatic heterocycles. The largest absolute Gasteiger partial charge is 0.444 e. The lowest BCUT2D eigenvalue weighted by atomic mass is 10.1. The first-order valence-electron chi connectivity index (χ1n) is 7.96. The highest BCUT2D eigenvalue weighted by Gasteiger charge is 2.27. The monoisotopic (exact) mass is 305 g/mol. The van der Waals surface area contributed by atoms with Crippen molar-refractivity contribution in [2.24, 2.45) is 0 Å². The molecule has 0 spiro atoms. The van der Waals surface area contributed by atoms with E-state index in [1.165, 1.54) is 5.56 Å². The van der Waals surface area contributed by atoms with E-state index < -0.39 is 5.60 Å². The average Bonchev–Trinajstić information content (AvgIpc) is 2.44. The third kappa shape index (κ3) is 5.30. The summed E-state index contributed by atoms with van der Waals surface area (Å²) < 4.78 is 5.45. The van der Waals surface area contributed by atoms with Crippen LogP contribution in [0, 0.1) is 6.92 Å². The van der Waals surface area contributed by atoms with E-state index in [4.69, 9.17) is 4.74 Å². The number of aryl methyl sites for hydroxylation is 1. The van der Waals surface area contributed by atoms with Gasteiger partial charge in [0.1, 0.15) is 5.60 Å². The van der Waals surface area contributed by atoms with Crippen LogP contribution < -0.4 is 5.32 Å². The molecule has 0 aromatic carbocycles. The molecule has 1 aliphatic heterocycles. The SMILES string of the molecule is Cc1cc(CN[C@H]2CCCN(C(=O)OC(C)(C)C)C2)ccn1. The lowest BCUT2D eigenvalue weighted by molar-refractivity contribution is 0.0187. The molecule has 0 radical (unpaired) electrons. The molecule has 1 aromatic rings. The smallest absolute Gasteiger partial charge is 0.410 e. The van der Waals surface area contributed by atoms with Crippen LogP contribution in [-0.2, 0) is 11.3 Å². The van der Waals surface area contributed by atoms with E-state index in [1.807, 2.05) is 44.9 Å². The number of hydrogen-bond acceptors (Lipinski definition) is 4. The molecule has 0 unspecified atom stereocenters. The van der Waals surface area contributed by atoms with E-state index in [0.29, 0.717) is 12.6 Å². The van der Waals surface area contributed by atoms with Crippen molar-refractivity contribution in [3.8, 4) is 0 Å². The zero-order valence-corrected chi connectivity index (χ0v) is 14.1. The van der Waals surface area contributed by atoms with Crippen LogP contribution in [-0.4, -0.2) is 40.7 Å². The molecule has 22 heavy (non-hydrogen) atoms. The van der Waals surface area contributed by atoms with Crippen LogP contribution in [0.2, 0.25) is 0 Å². The highest BCUT2D eigenvalue weighted by Crippen LogP contribution is 2.15. The Morgan fingerprint density at radius 1 is 1.50 bits per heavy atom. The Labute approximate surface area is 133 Å². The molecule has 1 amide bonds. The summed E-state index contributed by atoms with van der Waals surface area (Å²) in [5.41, 5.74) is 1.81. The second-order valence-corrected chi connectivity index (χ2v) is 6.95. The highest BCUT2D eigenvalue weighted by molar-refractivity contribution is 5.68. The van der Waals surface area contributed by atoms with Gasteiger partial charge in [-0.05, 0) is 58.2 Å². The maximum absolute atomic E-state index is 12.1. The molecule has 0 bridgehead atoms. The molecule has 5 nitrogen and oxygen atoms in total. The molecule has 1 aliphatic rings. The zero-order valence-electron chi connectivity index (χ0n) is 14.1. The van der Waals surface area contributed by atoms with Crippen LogP contribution in [0.5, 0.6) is 0 Å².